The molecule has 0 saturated heterocycles. The van der Waals surface area contributed by atoms with Crippen LogP contribution in [-0.2, 0) is 4.79 Å². The zero-order chi connectivity index (χ0) is 13.1. The molecule has 0 spiro atoms. The van der Waals surface area contributed by atoms with E-state index in [1.54, 1.807) is 18.3 Å². The molecule has 6 nitrogen and oxygen atoms in total. The Hall–Kier alpha value is -2.34. The second kappa shape index (κ2) is 4.89. The number of amides is 1. The molecule has 1 heterocycles. The number of nitrogens with one attached hydrogen (secondary N) is 2. The van der Waals surface area contributed by atoms with Gasteiger partial charge in [-0.2, -0.15) is 0 Å². The van der Waals surface area contributed by atoms with Crippen molar-refractivity contribution in [1.29, 1.82) is 0 Å². The van der Waals surface area contributed by atoms with Crippen LogP contribution in [-0.4, -0.2) is 39.7 Å². The number of fused-ring (bicyclic) bond motifs is 1. The number of carbonyl (C=O) groups is 2. The number of H-pyrrole nitrogens is 1. The van der Waals surface area contributed by atoms with Gasteiger partial charge in [0.1, 0.15) is 0 Å². The minimum atomic E-state index is -1.60. The van der Waals surface area contributed by atoms with Gasteiger partial charge in [0.25, 0.3) is 5.91 Å². The van der Waals surface area contributed by atoms with Gasteiger partial charge in [0.15, 0.2) is 6.10 Å². The number of para-hydroxylation sites is 1. The highest BCUT2D eigenvalue weighted by atomic mass is 16.4. The van der Waals surface area contributed by atoms with Crippen LogP contribution in [0.15, 0.2) is 30.5 Å². The van der Waals surface area contributed by atoms with Crippen molar-refractivity contribution in [2.45, 2.75) is 6.10 Å². The number of rotatable bonds is 4. The third-order valence-electron chi connectivity index (χ3n) is 2.57. The SMILES string of the molecule is O=C(NCC(O)C(=O)O)c1cccc2cc[nH]c12. The lowest BCUT2D eigenvalue weighted by molar-refractivity contribution is -0.146. The van der Waals surface area contributed by atoms with Crippen molar-refractivity contribution in [3.63, 3.8) is 0 Å². The molecule has 2 rings (SSSR count). The van der Waals surface area contributed by atoms with Gasteiger partial charge in [-0.3, -0.25) is 4.79 Å². The third-order valence-corrected chi connectivity index (χ3v) is 2.57. The zero-order valence-corrected chi connectivity index (χ0v) is 9.38. The molecular formula is C12H12N2O4. The summed E-state index contributed by atoms with van der Waals surface area (Å²) in [5, 5.41) is 20.8. The lowest BCUT2D eigenvalue weighted by Crippen LogP contribution is -2.36. The molecule has 1 aromatic heterocycles. The van der Waals surface area contributed by atoms with Crippen LogP contribution in [0.1, 0.15) is 10.4 Å². The van der Waals surface area contributed by atoms with E-state index in [0.29, 0.717) is 11.1 Å². The summed E-state index contributed by atoms with van der Waals surface area (Å²) in [5.74, 6) is -1.79. The molecule has 0 fully saturated rings. The highest BCUT2D eigenvalue weighted by molar-refractivity contribution is 6.05. The number of carbonyl (C=O) groups excluding carboxylic acids is 1. The van der Waals surface area contributed by atoms with E-state index in [9.17, 15) is 9.59 Å². The number of carboxylic acid groups (broad SMARTS) is 1. The molecule has 0 aliphatic carbocycles. The number of aromatic nitrogens is 1. The Kier molecular flexibility index (Phi) is 3.29. The van der Waals surface area contributed by atoms with Crippen molar-refractivity contribution in [3.05, 3.63) is 36.0 Å². The Balaban J connectivity index is 2.14. The van der Waals surface area contributed by atoms with Crippen LogP contribution >= 0.6 is 0 Å². The minimum Gasteiger partial charge on any atom is -0.479 e. The maximum Gasteiger partial charge on any atom is 0.334 e. The van der Waals surface area contributed by atoms with E-state index in [4.69, 9.17) is 10.2 Å². The van der Waals surface area contributed by atoms with Crippen LogP contribution in [0.2, 0.25) is 0 Å². The van der Waals surface area contributed by atoms with Crippen LogP contribution in [0.4, 0.5) is 0 Å². The van der Waals surface area contributed by atoms with Crippen molar-refractivity contribution in [2.75, 3.05) is 6.54 Å². The normalized spacial score (nSPS) is 12.3. The number of hydrogen-bond donors (Lipinski definition) is 4. The zero-order valence-electron chi connectivity index (χ0n) is 9.38. The second-order valence-electron chi connectivity index (χ2n) is 3.81. The number of aromatic amines is 1. The molecule has 0 bridgehead atoms. The van der Waals surface area contributed by atoms with E-state index in [1.165, 1.54) is 0 Å². The molecule has 1 amide bonds. The Bertz CT molecular complexity index is 591. The van der Waals surface area contributed by atoms with Gasteiger partial charge in [-0.25, -0.2) is 4.79 Å². The van der Waals surface area contributed by atoms with E-state index >= 15 is 0 Å². The first kappa shape index (κ1) is 12.1. The molecule has 0 radical (unpaired) electrons. The van der Waals surface area contributed by atoms with E-state index in [-0.39, 0.29) is 6.54 Å². The average molecular weight is 248 g/mol. The summed E-state index contributed by atoms with van der Waals surface area (Å²) >= 11 is 0. The van der Waals surface area contributed by atoms with Crippen LogP contribution < -0.4 is 5.32 Å². The number of carboxylic acids is 1. The summed E-state index contributed by atoms with van der Waals surface area (Å²) in [6.45, 7) is -0.328. The molecule has 18 heavy (non-hydrogen) atoms. The Labute approximate surface area is 102 Å². The lowest BCUT2D eigenvalue weighted by Gasteiger charge is -2.08. The number of aliphatic hydroxyl groups is 1. The molecule has 1 unspecified atom stereocenters. The fraction of sp³-hybridized carbons (Fsp3) is 0.167. The van der Waals surface area contributed by atoms with Crippen molar-refractivity contribution in [2.24, 2.45) is 0 Å². The monoisotopic (exact) mass is 248 g/mol. The molecule has 1 atom stereocenters. The largest absolute Gasteiger partial charge is 0.479 e. The van der Waals surface area contributed by atoms with Gasteiger partial charge in [0.2, 0.25) is 0 Å². The first-order chi connectivity index (χ1) is 8.59. The summed E-state index contributed by atoms with van der Waals surface area (Å²) in [4.78, 5) is 25.2. The first-order valence-corrected chi connectivity index (χ1v) is 5.35. The quantitative estimate of drug-likeness (QED) is 0.626. The number of benzene rings is 1. The van der Waals surface area contributed by atoms with E-state index < -0.39 is 18.0 Å². The van der Waals surface area contributed by atoms with Crippen LogP contribution in [0.5, 0.6) is 0 Å². The fourth-order valence-corrected chi connectivity index (χ4v) is 1.65. The lowest BCUT2D eigenvalue weighted by atomic mass is 10.1. The van der Waals surface area contributed by atoms with E-state index in [2.05, 4.69) is 10.3 Å². The smallest absolute Gasteiger partial charge is 0.334 e. The standard InChI is InChI=1S/C12H12N2O4/c15-9(12(17)18)6-14-11(16)8-3-1-2-7-4-5-13-10(7)8/h1-5,9,13,15H,6H2,(H,14,16)(H,17,18). The predicted molar refractivity (Wildman–Crippen MR) is 64.3 cm³/mol. The Morgan fingerprint density at radius 1 is 1.33 bits per heavy atom. The average Bonchev–Trinajstić information content (AvgIpc) is 2.83. The molecule has 0 aliphatic heterocycles. The molecule has 2 aromatic rings. The van der Waals surface area contributed by atoms with Gasteiger partial charge in [0, 0.05) is 11.6 Å². The van der Waals surface area contributed by atoms with Crippen molar-refractivity contribution in [1.82, 2.24) is 10.3 Å². The van der Waals surface area contributed by atoms with E-state index in [0.717, 1.165) is 5.39 Å². The van der Waals surface area contributed by atoms with Crippen molar-refractivity contribution >= 4 is 22.8 Å². The summed E-state index contributed by atoms with van der Waals surface area (Å²) in [5.41, 5.74) is 1.09. The Morgan fingerprint density at radius 3 is 2.83 bits per heavy atom. The molecule has 94 valence electrons. The molecule has 4 N–H and O–H groups in total. The van der Waals surface area contributed by atoms with Crippen LogP contribution in [0.25, 0.3) is 10.9 Å². The molecule has 0 saturated carbocycles. The molecule has 6 heteroatoms. The van der Waals surface area contributed by atoms with Gasteiger partial charge in [-0.05, 0) is 12.1 Å². The van der Waals surface area contributed by atoms with Crippen molar-refractivity contribution in [3.8, 4) is 0 Å². The van der Waals surface area contributed by atoms with Gasteiger partial charge < -0.3 is 20.5 Å². The highest BCUT2D eigenvalue weighted by Crippen LogP contribution is 2.16. The maximum absolute atomic E-state index is 11.8. The van der Waals surface area contributed by atoms with Crippen LogP contribution in [0, 0.1) is 0 Å². The van der Waals surface area contributed by atoms with Gasteiger partial charge in [0.05, 0.1) is 17.6 Å². The summed E-state index contributed by atoms with van der Waals surface area (Å²) in [6, 6.07) is 7.05. The molecule has 1 aromatic carbocycles. The summed E-state index contributed by atoms with van der Waals surface area (Å²) < 4.78 is 0. The van der Waals surface area contributed by atoms with Gasteiger partial charge in [-0.15, -0.1) is 0 Å². The first-order valence-electron chi connectivity index (χ1n) is 5.35. The minimum absolute atomic E-state index is 0.328. The Morgan fingerprint density at radius 2 is 2.11 bits per heavy atom. The van der Waals surface area contributed by atoms with Crippen LogP contribution in [0.3, 0.4) is 0 Å². The number of aliphatic carboxylic acids is 1. The highest BCUT2D eigenvalue weighted by Gasteiger charge is 2.16. The predicted octanol–water partition coefficient (Wildman–Crippen LogP) is 0.343. The topological polar surface area (TPSA) is 102 Å². The number of aliphatic hydroxyl groups excluding tert-OH is 1. The molecule has 0 aliphatic rings. The van der Waals surface area contributed by atoms with Crippen molar-refractivity contribution < 1.29 is 19.8 Å². The van der Waals surface area contributed by atoms with Gasteiger partial charge >= 0.3 is 5.97 Å². The molecular weight excluding hydrogens is 236 g/mol. The maximum atomic E-state index is 11.8. The summed E-state index contributed by atoms with van der Waals surface area (Å²) in [7, 11) is 0. The summed E-state index contributed by atoms with van der Waals surface area (Å²) in [6.07, 6.45) is 0.116. The number of hydrogen-bond acceptors (Lipinski definition) is 3. The fourth-order valence-electron chi connectivity index (χ4n) is 1.65. The third kappa shape index (κ3) is 2.33. The second-order valence-corrected chi connectivity index (χ2v) is 3.81. The van der Waals surface area contributed by atoms with Gasteiger partial charge in [-0.1, -0.05) is 12.1 Å². The van der Waals surface area contributed by atoms with E-state index in [1.807, 2.05) is 12.1 Å².